The van der Waals surface area contributed by atoms with E-state index < -0.39 is 17.7 Å². The Balaban J connectivity index is 1.81. The van der Waals surface area contributed by atoms with E-state index in [2.05, 4.69) is 9.97 Å². The number of carbonyl (C=O) groups excluding carboxylic acids is 2. The summed E-state index contributed by atoms with van der Waals surface area (Å²) in [4.78, 5) is 34.5. The number of carbonyl (C=O) groups is 2. The Labute approximate surface area is 180 Å². The second-order valence-corrected chi connectivity index (χ2v) is 7.46. The second kappa shape index (κ2) is 8.47. The Hall–Kier alpha value is -3.87. The number of likely N-dealkylation sites (tertiary alicyclic amines) is 1. The van der Waals surface area contributed by atoms with Crippen LogP contribution in [0.4, 0.5) is 0 Å². The van der Waals surface area contributed by atoms with E-state index in [4.69, 9.17) is 4.74 Å². The van der Waals surface area contributed by atoms with Crippen LogP contribution in [0.2, 0.25) is 0 Å². The van der Waals surface area contributed by atoms with Crippen molar-refractivity contribution in [2.24, 2.45) is 0 Å². The van der Waals surface area contributed by atoms with Crippen LogP contribution in [0.5, 0.6) is 5.75 Å². The lowest BCUT2D eigenvalue weighted by molar-refractivity contribution is -0.139. The minimum absolute atomic E-state index is 0.0757. The number of amides is 1. The van der Waals surface area contributed by atoms with E-state index in [9.17, 15) is 14.7 Å². The number of aryl methyl sites for hydroxylation is 1. The topological polar surface area (TPSA) is 95.5 Å². The molecule has 0 saturated carbocycles. The fourth-order valence-electron chi connectivity index (χ4n) is 3.80. The molecule has 0 spiro atoms. The highest BCUT2D eigenvalue weighted by molar-refractivity contribution is 6.46. The largest absolute Gasteiger partial charge is 0.507 e. The Morgan fingerprint density at radius 2 is 1.97 bits per heavy atom. The maximum atomic E-state index is 13.0. The summed E-state index contributed by atoms with van der Waals surface area (Å²) in [6.07, 6.45) is 3.75. The highest BCUT2D eigenvalue weighted by Gasteiger charge is 2.46. The number of hydrogen-bond acceptors (Lipinski definition) is 5. The highest BCUT2D eigenvalue weighted by atomic mass is 16.5. The quantitative estimate of drug-likeness (QED) is 0.364. The summed E-state index contributed by atoms with van der Waals surface area (Å²) >= 11 is 0. The van der Waals surface area contributed by atoms with E-state index in [0.29, 0.717) is 29.8 Å². The number of nitrogens with one attached hydrogen (secondary N) is 1. The van der Waals surface area contributed by atoms with Crippen LogP contribution in [0.15, 0.2) is 66.6 Å². The molecular formula is C24H23N3O4. The molecule has 0 radical (unpaired) electrons. The van der Waals surface area contributed by atoms with Gasteiger partial charge in [-0.05, 0) is 24.6 Å². The Morgan fingerprint density at radius 3 is 2.65 bits per heavy atom. The zero-order valence-corrected chi connectivity index (χ0v) is 17.3. The van der Waals surface area contributed by atoms with Crippen molar-refractivity contribution in [3.05, 3.63) is 89.0 Å². The number of aliphatic hydroxyl groups excluding tert-OH is 1. The Morgan fingerprint density at radius 1 is 1.19 bits per heavy atom. The van der Waals surface area contributed by atoms with Crippen LogP contribution in [0.25, 0.3) is 5.76 Å². The van der Waals surface area contributed by atoms with Crippen LogP contribution in [-0.4, -0.2) is 45.3 Å². The number of rotatable bonds is 6. The van der Waals surface area contributed by atoms with E-state index in [1.807, 2.05) is 25.1 Å². The molecule has 1 fully saturated rings. The lowest BCUT2D eigenvalue weighted by atomic mass is 9.95. The molecule has 2 aromatic carbocycles. The fraction of sp³-hybridized carbons (Fsp3) is 0.208. The number of hydrogen-bond donors (Lipinski definition) is 2. The average Bonchev–Trinajstić information content (AvgIpc) is 3.39. The van der Waals surface area contributed by atoms with Gasteiger partial charge in [-0.25, -0.2) is 4.98 Å². The third-order valence-corrected chi connectivity index (χ3v) is 5.45. The standard InChI is InChI=1S/C24H23N3O4/c1-15-6-8-16(9-7-15)22(28)20-21(17-4-3-5-19(12-17)31-2)27(24(30)23(20)29)11-10-18-13-25-14-26-18/h3-9,12-14,21,28H,10-11H2,1-2H3,(H,25,26)/b22-20+. The number of nitrogens with zero attached hydrogens (tertiary/aromatic N) is 2. The number of aliphatic hydroxyl groups is 1. The minimum atomic E-state index is -0.723. The van der Waals surface area contributed by atoms with Gasteiger partial charge in [0.05, 0.1) is 25.1 Å². The summed E-state index contributed by atoms with van der Waals surface area (Å²) < 4.78 is 5.34. The summed E-state index contributed by atoms with van der Waals surface area (Å²) in [5.41, 5.74) is 3.14. The van der Waals surface area contributed by atoms with Crippen molar-refractivity contribution in [3.8, 4) is 5.75 Å². The van der Waals surface area contributed by atoms with Crippen molar-refractivity contribution < 1.29 is 19.4 Å². The Kier molecular flexibility index (Phi) is 5.58. The van der Waals surface area contributed by atoms with Gasteiger partial charge in [0.15, 0.2) is 0 Å². The predicted octanol–water partition coefficient (Wildman–Crippen LogP) is 3.39. The first-order chi connectivity index (χ1) is 15.0. The zero-order valence-electron chi connectivity index (χ0n) is 17.3. The molecule has 2 heterocycles. The smallest absolute Gasteiger partial charge is 0.295 e. The average molecular weight is 417 g/mol. The van der Waals surface area contributed by atoms with E-state index >= 15 is 0 Å². The molecule has 1 saturated heterocycles. The number of H-pyrrole nitrogens is 1. The molecule has 1 aliphatic rings. The SMILES string of the molecule is COc1cccc(C2/C(=C(\O)c3ccc(C)cc3)C(=O)C(=O)N2CCc2cnc[nH]2)c1. The zero-order chi connectivity index (χ0) is 22.0. The molecule has 158 valence electrons. The van der Waals surface area contributed by atoms with Crippen molar-refractivity contribution in [1.29, 1.82) is 0 Å². The number of ketones is 1. The molecule has 1 aliphatic heterocycles. The Bertz CT molecular complexity index is 1130. The fourth-order valence-corrected chi connectivity index (χ4v) is 3.80. The van der Waals surface area contributed by atoms with Crippen LogP contribution >= 0.6 is 0 Å². The van der Waals surface area contributed by atoms with Gasteiger partial charge in [-0.1, -0.05) is 42.0 Å². The van der Waals surface area contributed by atoms with E-state index in [0.717, 1.165) is 11.3 Å². The first kappa shape index (κ1) is 20.4. The van der Waals surface area contributed by atoms with Crippen LogP contribution in [0, 0.1) is 6.92 Å². The van der Waals surface area contributed by atoms with Crippen LogP contribution in [0.3, 0.4) is 0 Å². The molecule has 0 aliphatic carbocycles. The first-order valence-electron chi connectivity index (χ1n) is 9.96. The van der Waals surface area contributed by atoms with Gasteiger partial charge >= 0.3 is 0 Å². The highest BCUT2D eigenvalue weighted by Crippen LogP contribution is 2.40. The molecule has 7 heteroatoms. The summed E-state index contributed by atoms with van der Waals surface area (Å²) in [5, 5.41) is 11.1. The van der Waals surface area contributed by atoms with Gasteiger partial charge < -0.3 is 19.7 Å². The minimum Gasteiger partial charge on any atom is -0.507 e. The van der Waals surface area contributed by atoms with E-state index in [1.165, 1.54) is 4.90 Å². The maximum absolute atomic E-state index is 13.0. The molecular weight excluding hydrogens is 394 g/mol. The number of aromatic nitrogens is 2. The number of methoxy groups -OCH3 is 1. The summed E-state index contributed by atoms with van der Waals surface area (Å²) in [6.45, 7) is 2.23. The molecule has 4 rings (SSSR count). The van der Waals surface area contributed by atoms with Gasteiger partial charge in [0.2, 0.25) is 0 Å². The number of ether oxygens (including phenoxy) is 1. The molecule has 2 N–H and O–H groups in total. The summed E-state index contributed by atoms with van der Waals surface area (Å²) in [6, 6.07) is 13.7. The molecule has 3 aromatic rings. The van der Waals surface area contributed by atoms with Crippen molar-refractivity contribution >= 4 is 17.4 Å². The van der Waals surface area contributed by atoms with Crippen molar-refractivity contribution in [2.45, 2.75) is 19.4 Å². The van der Waals surface area contributed by atoms with Crippen molar-refractivity contribution in [3.63, 3.8) is 0 Å². The summed E-state index contributed by atoms with van der Waals surface area (Å²) in [7, 11) is 1.56. The van der Waals surface area contributed by atoms with E-state index in [-0.39, 0.29) is 11.3 Å². The molecule has 0 bridgehead atoms. The number of benzene rings is 2. The molecule has 1 aromatic heterocycles. The molecule has 1 amide bonds. The number of aromatic amines is 1. The van der Waals surface area contributed by atoms with Gasteiger partial charge in [-0.15, -0.1) is 0 Å². The lowest BCUT2D eigenvalue weighted by Crippen LogP contribution is -2.31. The normalized spacial score (nSPS) is 17.9. The third-order valence-electron chi connectivity index (χ3n) is 5.45. The number of imidazole rings is 1. The van der Waals surface area contributed by atoms with Gasteiger partial charge in [0.25, 0.3) is 11.7 Å². The monoisotopic (exact) mass is 417 g/mol. The van der Waals surface area contributed by atoms with Gasteiger partial charge in [-0.2, -0.15) is 0 Å². The van der Waals surface area contributed by atoms with Crippen LogP contribution in [-0.2, 0) is 16.0 Å². The van der Waals surface area contributed by atoms with Gasteiger partial charge in [0.1, 0.15) is 11.5 Å². The molecule has 7 nitrogen and oxygen atoms in total. The van der Waals surface area contributed by atoms with Crippen LogP contribution in [0.1, 0.15) is 28.4 Å². The van der Waals surface area contributed by atoms with Crippen LogP contribution < -0.4 is 4.74 Å². The van der Waals surface area contributed by atoms with Crippen molar-refractivity contribution in [1.82, 2.24) is 14.9 Å². The predicted molar refractivity (Wildman–Crippen MR) is 115 cm³/mol. The number of Topliss-reactive ketones (excluding diaryl/α,β-unsaturated/α-hetero) is 1. The second-order valence-electron chi connectivity index (χ2n) is 7.46. The third kappa shape index (κ3) is 3.94. The molecule has 1 unspecified atom stereocenters. The molecule has 31 heavy (non-hydrogen) atoms. The van der Waals surface area contributed by atoms with E-state index in [1.54, 1.807) is 50.0 Å². The summed E-state index contributed by atoms with van der Waals surface area (Å²) in [5.74, 6) is -0.918. The maximum Gasteiger partial charge on any atom is 0.295 e. The van der Waals surface area contributed by atoms with Gasteiger partial charge in [0, 0.05) is 30.4 Å². The van der Waals surface area contributed by atoms with Crippen molar-refractivity contribution in [2.75, 3.05) is 13.7 Å². The first-order valence-corrected chi connectivity index (χ1v) is 9.96. The lowest BCUT2D eigenvalue weighted by Gasteiger charge is -2.25. The van der Waals surface area contributed by atoms with Gasteiger partial charge in [-0.3, -0.25) is 9.59 Å². The molecule has 1 atom stereocenters.